The molecule has 1 heterocycles. The molecule has 0 amide bonds. The predicted molar refractivity (Wildman–Crippen MR) is 62.1 cm³/mol. The van der Waals surface area contributed by atoms with Crippen molar-refractivity contribution in [3.05, 3.63) is 29.3 Å². The predicted octanol–water partition coefficient (Wildman–Crippen LogP) is 3.19. The molecule has 0 spiro atoms. The zero-order valence-electron chi connectivity index (χ0n) is 9.38. The zero-order chi connectivity index (χ0) is 10.1. The molecule has 0 aliphatic carbocycles. The van der Waals surface area contributed by atoms with E-state index in [9.17, 15) is 0 Å². The first-order valence-corrected chi connectivity index (χ1v) is 5.57. The van der Waals surface area contributed by atoms with Gasteiger partial charge in [0.2, 0.25) is 0 Å². The van der Waals surface area contributed by atoms with E-state index < -0.39 is 0 Å². The van der Waals surface area contributed by atoms with E-state index in [0.29, 0.717) is 0 Å². The molecule has 1 nitrogen and oxygen atoms in total. The minimum absolute atomic E-state index is 0.729. The van der Waals surface area contributed by atoms with Crippen LogP contribution in [0.3, 0.4) is 0 Å². The fraction of sp³-hybridized carbons (Fsp3) is 0.538. The van der Waals surface area contributed by atoms with Gasteiger partial charge in [-0.05, 0) is 29.9 Å². The monoisotopic (exact) mass is 189 g/mol. The van der Waals surface area contributed by atoms with Crippen LogP contribution in [0.15, 0.2) is 18.2 Å². The first-order valence-electron chi connectivity index (χ1n) is 5.57. The van der Waals surface area contributed by atoms with Crippen molar-refractivity contribution in [2.75, 3.05) is 18.5 Å². The number of para-hydroxylation sites is 1. The third-order valence-corrected chi connectivity index (χ3v) is 3.34. The van der Waals surface area contributed by atoms with Crippen LogP contribution >= 0.6 is 0 Å². The molecule has 76 valence electrons. The Balaban J connectivity index is 2.54. The second kappa shape index (κ2) is 3.64. The summed E-state index contributed by atoms with van der Waals surface area (Å²) < 4.78 is 0. The van der Waals surface area contributed by atoms with Gasteiger partial charge in [0.15, 0.2) is 0 Å². The van der Waals surface area contributed by atoms with E-state index in [0.717, 1.165) is 12.3 Å². The van der Waals surface area contributed by atoms with Crippen LogP contribution in [0.2, 0.25) is 0 Å². The summed E-state index contributed by atoms with van der Waals surface area (Å²) >= 11 is 0. The highest BCUT2D eigenvalue weighted by Gasteiger charge is 2.21. The molecule has 0 radical (unpaired) electrons. The van der Waals surface area contributed by atoms with E-state index in [1.165, 1.54) is 29.8 Å². The quantitative estimate of drug-likeness (QED) is 0.655. The summed E-state index contributed by atoms with van der Waals surface area (Å²) in [6.07, 6.45) is 2.43. The van der Waals surface area contributed by atoms with Crippen molar-refractivity contribution in [1.82, 2.24) is 0 Å². The molecule has 0 unspecified atom stereocenters. The fourth-order valence-electron chi connectivity index (χ4n) is 2.41. The number of nitrogens with zero attached hydrogens (tertiary/aromatic N) is 1. The molecule has 2 rings (SSSR count). The number of benzene rings is 1. The van der Waals surface area contributed by atoms with Crippen molar-refractivity contribution in [3.63, 3.8) is 0 Å². The average molecular weight is 189 g/mol. The molecule has 0 bridgehead atoms. The van der Waals surface area contributed by atoms with E-state index >= 15 is 0 Å². The molecule has 0 fully saturated rings. The normalized spacial score (nSPS) is 20.8. The van der Waals surface area contributed by atoms with E-state index in [1.807, 2.05) is 0 Å². The maximum atomic E-state index is 2.41. The summed E-state index contributed by atoms with van der Waals surface area (Å²) in [4.78, 5) is 2.41. The van der Waals surface area contributed by atoms with Crippen LogP contribution < -0.4 is 4.90 Å². The number of anilines is 1. The van der Waals surface area contributed by atoms with Gasteiger partial charge in [-0.3, -0.25) is 0 Å². The summed E-state index contributed by atoms with van der Waals surface area (Å²) in [5.74, 6) is 0.729. The number of aryl methyl sites for hydroxylation is 1. The van der Waals surface area contributed by atoms with Crippen LogP contribution in [0.4, 0.5) is 5.69 Å². The van der Waals surface area contributed by atoms with E-state index in [2.05, 4.69) is 44.0 Å². The molecule has 14 heavy (non-hydrogen) atoms. The van der Waals surface area contributed by atoms with Gasteiger partial charge in [-0.2, -0.15) is 0 Å². The Labute approximate surface area is 86.7 Å². The van der Waals surface area contributed by atoms with Crippen molar-refractivity contribution in [2.45, 2.75) is 32.6 Å². The maximum Gasteiger partial charge on any atom is 0.0431 e. The van der Waals surface area contributed by atoms with E-state index in [1.54, 1.807) is 0 Å². The maximum absolute atomic E-state index is 2.41. The topological polar surface area (TPSA) is 3.24 Å². The lowest BCUT2D eigenvalue weighted by molar-refractivity contribution is 0.634. The standard InChI is InChI=1S/C13H19N/c1-4-11-6-5-7-12-10(2)8-9-14(3)13(11)12/h5-7,10H,4,8-9H2,1-3H3/t10-/m1/s1. The summed E-state index contributed by atoms with van der Waals surface area (Å²) in [7, 11) is 2.21. The van der Waals surface area contributed by atoms with Crippen molar-refractivity contribution in [1.29, 1.82) is 0 Å². The molecule has 1 atom stereocenters. The third-order valence-electron chi connectivity index (χ3n) is 3.34. The van der Waals surface area contributed by atoms with Crippen molar-refractivity contribution < 1.29 is 0 Å². The van der Waals surface area contributed by atoms with Crippen LogP contribution in [-0.4, -0.2) is 13.6 Å². The third kappa shape index (κ3) is 1.41. The molecule has 0 saturated carbocycles. The molecule has 1 aliphatic rings. The van der Waals surface area contributed by atoms with Crippen LogP contribution in [0, 0.1) is 0 Å². The summed E-state index contributed by atoms with van der Waals surface area (Å²) in [5.41, 5.74) is 4.53. The van der Waals surface area contributed by atoms with Gasteiger partial charge in [-0.1, -0.05) is 32.0 Å². The lowest BCUT2D eigenvalue weighted by atomic mass is 9.89. The Morgan fingerprint density at radius 2 is 2.21 bits per heavy atom. The first kappa shape index (κ1) is 9.57. The van der Waals surface area contributed by atoms with Gasteiger partial charge < -0.3 is 4.90 Å². The smallest absolute Gasteiger partial charge is 0.0431 e. The number of fused-ring (bicyclic) bond motifs is 1. The van der Waals surface area contributed by atoms with Gasteiger partial charge in [0.25, 0.3) is 0 Å². The van der Waals surface area contributed by atoms with E-state index in [-0.39, 0.29) is 0 Å². The Bertz CT molecular complexity index is 330. The summed E-state index contributed by atoms with van der Waals surface area (Å²) in [6, 6.07) is 6.75. The molecule has 1 aromatic carbocycles. The number of hydrogen-bond acceptors (Lipinski definition) is 1. The van der Waals surface area contributed by atoms with Gasteiger partial charge in [-0.15, -0.1) is 0 Å². The molecule has 0 N–H and O–H groups in total. The van der Waals surface area contributed by atoms with Crippen LogP contribution in [0.1, 0.15) is 37.3 Å². The van der Waals surface area contributed by atoms with Crippen molar-refractivity contribution >= 4 is 5.69 Å². The Kier molecular flexibility index (Phi) is 2.49. The number of hydrogen-bond donors (Lipinski definition) is 0. The van der Waals surface area contributed by atoms with Crippen molar-refractivity contribution in [3.8, 4) is 0 Å². The van der Waals surface area contributed by atoms with Crippen LogP contribution in [0.25, 0.3) is 0 Å². The highest BCUT2D eigenvalue weighted by atomic mass is 15.1. The number of rotatable bonds is 1. The largest absolute Gasteiger partial charge is 0.374 e. The fourth-order valence-corrected chi connectivity index (χ4v) is 2.41. The summed E-state index contributed by atoms with van der Waals surface area (Å²) in [5, 5.41) is 0. The first-order chi connectivity index (χ1) is 6.74. The molecule has 1 heteroatoms. The molecule has 0 aromatic heterocycles. The minimum Gasteiger partial charge on any atom is -0.374 e. The van der Waals surface area contributed by atoms with Gasteiger partial charge in [0.05, 0.1) is 0 Å². The second-order valence-electron chi connectivity index (χ2n) is 4.32. The van der Waals surface area contributed by atoms with Gasteiger partial charge in [0.1, 0.15) is 0 Å². The Hall–Kier alpha value is -0.980. The zero-order valence-corrected chi connectivity index (χ0v) is 9.38. The van der Waals surface area contributed by atoms with Gasteiger partial charge >= 0.3 is 0 Å². The molecule has 1 aromatic rings. The van der Waals surface area contributed by atoms with Crippen LogP contribution in [0.5, 0.6) is 0 Å². The van der Waals surface area contributed by atoms with Gasteiger partial charge in [0, 0.05) is 19.3 Å². The second-order valence-corrected chi connectivity index (χ2v) is 4.32. The molecular formula is C13H19N. The highest BCUT2D eigenvalue weighted by Crippen LogP contribution is 2.36. The van der Waals surface area contributed by atoms with Gasteiger partial charge in [-0.25, -0.2) is 0 Å². The average Bonchev–Trinajstić information content (AvgIpc) is 2.23. The van der Waals surface area contributed by atoms with E-state index in [4.69, 9.17) is 0 Å². The highest BCUT2D eigenvalue weighted by molar-refractivity contribution is 5.62. The van der Waals surface area contributed by atoms with Crippen LogP contribution in [-0.2, 0) is 6.42 Å². The molecule has 0 saturated heterocycles. The Morgan fingerprint density at radius 1 is 1.43 bits per heavy atom. The summed E-state index contributed by atoms with van der Waals surface area (Å²) in [6.45, 7) is 5.78. The molecular weight excluding hydrogens is 170 g/mol. The SMILES string of the molecule is CCc1cccc2c1N(C)CC[C@H]2C. The minimum atomic E-state index is 0.729. The van der Waals surface area contributed by atoms with Crippen molar-refractivity contribution in [2.24, 2.45) is 0 Å². The lowest BCUT2D eigenvalue weighted by Crippen LogP contribution is -2.27. The lowest BCUT2D eigenvalue weighted by Gasteiger charge is -2.33. The molecule has 1 aliphatic heterocycles. The Morgan fingerprint density at radius 3 is 2.93 bits per heavy atom.